The van der Waals surface area contributed by atoms with E-state index in [0.717, 1.165) is 25.2 Å². The normalized spacial score (nSPS) is 21.4. The summed E-state index contributed by atoms with van der Waals surface area (Å²) >= 11 is 0. The lowest BCUT2D eigenvalue weighted by Gasteiger charge is -2.34. The van der Waals surface area contributed by atoms with E-state index in [1.165, 1.54) is 6.42 Å². The summed E-state index contributed by atoms with van der Waals surface area (Å²) in [5, 5.41) is 0. The van der Waals surface area contributed by atoms with Crippen LogP contribution >= 0.6 is 0 Å². The maximum atomic E-state index is 12.3. The van der Waals surface area contributed by atoms with Crippen molar-refractivity contribution in [3.8, 4) is 0 Å². The number of piperidine rings is 1. The number of anilines is 1. The van der Waals surface area contributed by atoms with E-state index in [-0.39, 0.29) is 11.9 Å². The summed E-state index contributed by atoms with van der Waals surface area (Å²) in [6.07, 6.45) is 2.31. The molecule has 0 bridgehead atoms. The second-order valence-electron chi connectivity index (χ2n) is 5.78. The molecule has 0 saturated carbocycles. The molecule has 1 fully saturated rings. The van der Waals surface area contributed by atoms with E-state index in [2.05, 4.69) is 11.8 Å². The largest absolute Gasteiger partial charge is 0.328 e. The lowest BCUT2D eigenvalue weighted by Crippen LogP contribution is -2.46. The Morgan fingerprint density at radius 3 is 2.80 bits per heavy atom. The van der Waals surface area contributed by atoms with E-state index < -0.39 is 0 Å². The number of nitrogens with two attached hydrogens (primary N) is 1. The van der Waals surface area contributed by atoms with Crippen molar-refractivity contribution in [3.05, 3.63) is 30.3 Å². The predicted molar refractivity (Wildman–Crippen MR) is 82.7 cm³/mol. The molecule has 1 aromatic rings. The van der Waals surface area contributed by atoms with E-state index >= 15 is 0 Å². The van der Waals surface area contributed by atoms with Crippen molar-refractivity contribution in [3.63, 3.8) is 0 Å². The number of likely N-dealkylation sites (N-methyl/N-ethyl adjacent to an activating group) is 1. The van der Waals surface area contributed by atoms with Crippen LogP contribution in [0.1, 0.15) is 19.8 Å². The molecule has 4 heteroatoms. The van der Waals surface area contributed by atoms with Crippen LogP contribution in [0.15, 0.2) is 30.3 Å². The molecular weight excluding hydrogens is 250 g/mol. The molecule has 1 aromatic carbocycles. The first-order chi connectivity index (χ1) is 9.58. The number of nitrogens with zero attached hydrogens (tertiary/aromatic N) is 2. The van der Waals surface area contributed by atoms with Gasteiger partial charge in [-0.25, -0.2) is 0 Å². The monoisotopic (exact) mass is 275 g/mol. The molecule has 1 aliphatic heterocycles. The van der Waals surface area contributed by atoms with Crippen molar-refractivity contribution in [2.24, 2.45) is 11.7 Å². The minimum atomic E-state index is 0.140. The highest BCUT2D eigenvalue weighted by atomic mass is 16.2. The van der Waals surface area contributed by atoms with Gasteiger partial charge in [0.25, 0.3) is 0 Å². The molecule has 1 heterocycles. The quantitative estimate of drug-likeness (QED) is 0.910. The van der Waals surface area contributed by atoms with Crippen LogP contribution < -0.4 is 10.6 Å². The van der Waals surface area contributed by atoms with Crippen molar-refractivity contribution in [1.82, 2.24) is 4.90 Å². The fourth-order valence-electron chi connectivity index (χ4n) is 2.76. The van der Waals surface area contributed by atoms with Gasteiger partial charge in [-0.1, -0.05) is 18.2 Å². The molecule has 2 unspecified atom stereocenters. The van der Waals surface area contributed by atoms with Crippen LogP contribution in [0.25, 0.3) is 0 Å². The Bertz CT molecular complexity index is 433. The molecule has 20 heavy (non-hydrogen) atoms. The molecule has 2 N–H and O–H groups in total. The first-order valence-corrected chi connectivity index (χ1v) is 7.37. The van der Waals surface area contributed by atoms with Crippen LogP contribution in [-0.4, -0.2) is 43.5 Å². The molecule has 1 amide bonds. The highest BCUT2D eigenvalue weighted by molar-refractivity contribution is 5.94. The molecule has 0 radical (unpaired) electrons. The van der Waals surface area contributed by atoms with Gasteiger partial charge in [-0.2, -0.15) is 0 Å². The van der Waals surface area contributed by atoms with Crippen molar-refractivity contribution in [2.75, 3.05) is 31.6 Å². The lowest BCUT2D eigenvalue weighted by atomic mass is 9.92. The van der Waals surface area contributed by atoms with Gasteiger partial charge < -0.3 is 10.6 Å². The Labute approximate surface area is 121 Å². The number of hydrogen-bond acceptors (Lipinski definition) is 3. The van der Waals surface area contributed by atoms with E-state index in [1.807, 2.05) is 37.4 Å². The predicted octanol–water partition coefficient (Wildman–Crippen LogP) is 1.71. The second kappa shape index (κ2) is 6.86. The van der Waals surface area contributed by atoms with Gasteiger partial charge in [-0.05, 0) is 44.4 Å². The molecule has 0 aromatic heterocycles. The van der Waals surface area contributed by atoms with Crippen molar-refractivity contribution >= 4 is 11.6 Å². The third kappa shape index (κ3) is 3.81. The molecular formula is C16H25N3O. The molecule has 1 saturated heterocycles. The number of benzene rings is 1. The van der Waals surface area contributed by atoms with E-state index in [0.29, 0.717) is 12.5 Å². The maximum absolute atomic E-state index is 12.3. The van der Waals surface area contributed by atoms with Gasteiger partial charge in [0, 0.05) is 25.3 Å². The summed E-state index contributed by atoms with van der Waals surface area (Å²) in [6.45, 7) is 4.48. The van der Waals surface area contributed by atoms with Gasteiger partial charge >= 0.3 is 0 Å². The third-order valence-electron chi connectivity index (χ3n) is 4.16. The number of likely N-dealkylation sites (tertiary alicyclic amines) is 1. The molecule has 4 nitrogen and oxygen atoms in total. The summed E-state index contributed by atoms with van der Waals surface area (Å²) in [6, 6.07) is 9.98. The highest BCUT2D eigenvalue weighted by Gasteiger charge is 2.24. The molecule has 2 rings (SSSR count). The second-order valence-corrected chi connectivity index (χ2v) is 5.78. The number of carbonyl (C=O) groups is 1. The minimum Gasteiger partial charge on any atom is -0.328 e. The standard InChI is InChI=1S/C16H25N3O/c1-13(17)14-7-6-10-19(11-14)12-16(20)18(2)15-8-4-3-5-9-15/h3-5,8-9,13-14H,6-7,10-12,17H2,1-2H3. The smallest absolute Gasteiger partial charge is 0.240 e. The summed E-state index contributed by atoms with van der Waals surface area (Å²) in [7, 11) is 1.84. The van der Waals surface area contributed by atoms with Gasteiger partial charge in [0.05, 0.1) is 6.54 Å². The fourth-order valence-corrected chi connectivity index (χ4v) is 2.76. The van der Waals surface area contributed by atoms with E-state index in [1.54, 1.807) is 4.90 Å². The Morgan fingerprint density at radius 1 is 1.45 bits per heavy atom. The topological polar surface area (TPSA) is 49.6 Å². The van der Waals surface area contributed by atoms with Crippen LogP contribution in [0.5, 0.6) is 0 Å². The molecule has 1 aliphatic rings. The van der Waals surface area contributed by atoms with Gasteiger partial charge in [-0.3, -0.25) is 9.69 Å². The van der Waals surface area contributed by atoms with Gasteiger partial charge in [0.2, 0.25) is 5.91 Å². The first kappa shape index (κ1) is 15.0. The number of para-hydroxylation sites is 1. The number of rotatable bonds is 4. The molecule has 110 valence electrons. The van der Waals surface area contributed by atoms with Gasteiger partial charge in [0.1, 0.15) is 0 Å². The Balaban J connectivity index is 1.91. The van der Waals surface area contributed by atoms with E-state index in [9.17, 15) is 4.79 Å². The van der Waals surface area contributed by atoms with Crippen LogP contribution in [0, 0.1) is 5.92 Å². The van der Waals surface area contributed by atoms with E-state index in [4.69, 9.17) is 5.73 Å². The van der Waals surface area contributed by atoms with Crippen LogP contribution in [0.2, 0.25) is 0 Å². The number of amides is 1. The highest BCUT2D eigenvalue weighted by Crippen LogP contribution is 2.19. The average Bonchev–Trinajstić information content (AvgIpc) is 2.47. The Morgan fingerprint density at radius 2 is 2.15 bits per heavy atom. The van der Waals surface area contributed by atoms with Gasteiger partial charge in [-0.15, -0.1) is 0 Å². The molecule has 0 aliphatic carbocycles. The Kier molecular flexibility index (Phi) is 5.15. The summed E-state index contributed by atoms with van der Waals surface area (Å²) < 4.78 is 0. The average molecular weight is 275 g/mol. The van der Waals surface area contributed by atoms with Crippen LogP contribution in [-0.2, 0) is 4.79 Å². The zero-order valence-electron chi connectivity index (χ0n) is 12.5. The van der Waals surface area contributed by atoms with Crippen molar-refractivity contribution in [2.45, 2.75) is 25.8 Å². The van der Waals surface area contributed by atoms with Gasteiger partial charge in [0.15, 0.2) is 0 Å². The molecule has 0 spiro atoms. The zero-order valence-corrected chi connectivity index (χ0v) is 12.5. The first-order valence-electron chi connectivity index (χ1n) is 7.37. The fraction of sp³-hybridized carbons (Fsp3) is 0.562. The van der Waals surface area contributed by atoms with Crippen molar-refractivity contribution < 1.29 is 4.79 Å². The number of carbonyl (C=O) groups excluding carboxylic acids is 1. The van der Waals surface area contributed by atoms with Crippen LogP contribution in [0.4, 0.5) is 5.69 Å². The third-order valence-corrected chi connectivity index (χ3v) is 4.16. The SMILES string of the molecule is CC(N)C1CCCN(CC(=O)N(C)c2ccccc2)C1. The molecule has 2 atom stereocenters. The summed E-state index contributed by atoms with van der Waals surface area (Å²) in [5.74, 6) is 0.653. The zero-order chi connectivity index (χ0) is 14.5. The Hall–Kier alpha value is -1.39. The summed E-state index contributed by atoms with van der Waals surface area (Å²) in [4.78, 5) is 16.3. The van der Waals surface area contributed by atoms with Crippen molar-refractivity contribution in [1.29, 1.82) is 0 Å². The number of hydrogen-bond donors (Lipinski definition) is 1. The minimum absolute atomic E-state index is 0.140. The maximum Gasteiger partial charge on any atom is 0.240 e. The van der Waals surface area contributed by atoms with Crippen LogP contribution in [0.3, 0.4) is 0 Å². The summed E-state index contributed by atoms with van der Waals surface area (Å²) in [5.41, 5.74) is 6.93. The lowest BCUT2D eigenvalue weighted by molar-refractivity contribution is -0.119.